The van der Waals surface area contributed by atoms with Crippen molar-refractivity contribution in [3.05, 3.63) is 65.2 Å². The number of ether oxygens (including phenoxy) is 1. The lowest BCUT2D eigenvalue weighted by atomic mass is 10.00. The number of aryl methyl sites for hydroxylation is 3. The molecule has 8 nitrogen and oxygen atoms in total. The molecule has 1 aliphatic rings. The number of nitrogens with zero attached hydrogens (tertiary/aromatic N) is 3. The lowest BCUT2D eigenvalue weighted by Crippen LogP contribution is -2.24. The summed E-state index contributed by atoms with van der Waals surface area (Å²) in [4.78, 5) is 21.7. The molecule has 1 N–H and O–H groups in total. The van der Waals surface area contributed by atoms with E-state index >= 15 is 0 Å². The van der Waals surface area contributed by atoms with Gasteiger partial charge in [0.05, 0.1) is 17.1 Å². The number of benzene rings is 2. The number of anilines is 1. The van der Waals surface area contributed by atoms with Gasteiger partial charge in [0.1, 0.15) is 6.10 Å². The quantitative estimate of drug-likeness (QED) is 0.535. The van der Waals surface area contributed by atoms with Gasteiger partial charge in [-0.1, -0.05) is 30.3 Å². The highest BCUT2D eigenvalue weighted by Gasteiger charge is 2.25. The van der Waals surface area contributed by atoms with Gasteiger partial charge in [-0.25, -0.2) is 18.1 Å². The second kappa shape index (κ2) is 9.19. The number of hydrogen-bond acceptors (Lipinski definition) is 6. The molecule has 1 aromatic heterocycles. The molecule has 2 aromatic carbocycles. The topological polar surface area (TPSA) is 101 Å². The normalized spacial score (nSPS) is 16.0. The van der Waals surface area contributed by atoms with Crippen LogP contribution in [0.15, 0.2) is 53.4 Å². The van der Waals surface area contributed by atoms with Gasteiger partial charge in [-0.15, -0.1) is 0 Å². The molecule has 0 unspecified atom stereocenters. The summed E-state index contributed by atoms with van der Waals surface area (Å²) in [6.07, 6.45) is 1.25. The molecule has 1 saturated heterocycles. The second-order valence-corrected chi connectivity index (χ2v) is 9.92. The van der Waals surface area contributed by atoms with Crippen molar-refractivity contribution >= 4 is 22.4 Å². The molecule has 1 fully saturated rings. The maximum absolute atomic E-state index is 13.0. The minimum absolute atomic E-state index is 0.0723. The molecule has 4 rings (SSSR count). The number of amides is 1. The van der Waals surface area contributed by atoms with Crippen LogP contribution in [-0.4, -0.2) is 48.9 Å². The minimum Gasteiger partial charge on any atom is -0.472 e. The molecule has 1 aliphatic heterocycles. The number of likely N-dealkylation sites (tertiary alicyclic amines) is 1. The Balaban J connectivity index is 1.73. The fourth-order valence-corrected chi connectivity index (χ4v) is 5.00. The van der Waals surface area contributed by atoms with Crippen LogP contribution >= 0.6 is 0 Å². The van der Waals surface area contributed by atoms with E-state index in [0.29, 0.717) is 25.2 Å². The summed E-state index contributed by atoms with van der Waals surface area (Å²) in [6.45, 7) is 6.83. The number of carbonyl (C=O) groups is 1. The molecular weight excluding hydrogens is 440 g/mol. The lowest BCUT2D eigenvalue weighted by molar-refractivity contribution is -0.117. The summed E-state index contributed by atoms with van der Waals surface area (Å²) in [7, 11) is -3.90. The van der Waals surface area contributed by atoms with Crippen molar-refractivity contribution in [1.29, 1.82) is 0 Å². The molecule has 0 aliphatic carbocycles. The third-order valence-electron chi connectivity index (χ3n) is 5.58. The molecule has 1 atom stereocenters. The van der Waals surface area contributed by atoms with Gasteiger partial charge >= 0.3 is 0 Å². The average Bonchev–Trinajstić information content (AvgIpc) is 3.21. The van der Waals surface area contributed by atoms with Crippen LogP contribution in [0.5, 0.6) is 5.88 Å². The van der Waals surface area contributed by atoms with E-state index in [9.17, 15) is 13.2 Å². The summed E-state index contributed by atoms with van der Waals surface area (Å²) in [5, 5.41) is 0. The zero-order valence-corrected chi connectivity index (χ0v) is 19.6. The zero-order chi connectivity index (χ0) is 23.6. The first kappa shape index (κ1) is 22.7. The Hall–Kier alpha value is -3.46. The Morgan fingerprint density at radius 1 is 1.06 bits per heavy atom. The number of carbonyl (C=O) groups excluding carboxylic acids is 1. The van der Waals surface area contributed by atoms with Gasteiger partial charge in [0.15, 0.2) is 0 Å². The number of rotatable bonds is 7. The Labute approximate surface area is 193 Å². The van der Waals surface area contributed by atoms with Gasteiger partial charge in [-0.2, -0.15) is 4.98 Å². The Morgan fingerprint density at radius 3 is 2.45 bits per heavy atom. The molecule has 0 spiro atoms. The first-order valence-corrected chi connectivity index (χ1v) is 12.1. The molecule has 9 heteroatoms. The molecule has 3 aromatic rings. The maximum atomic E-state index is 13.0. The summed E-state index contributed by atoms with van der Waals surface area (Å²) in [5.74, 6) is 0.180. The van der Waals surface area contributed by atoms with Crippen LogP contribution in [0.25, 0.3) is 11.3 Å². The smallest absolute Gasteiger partial charge is 0.264 e. The van der Waals surface area contributed by atoms with E-state index in [1.165, 1.54) is 6.07 Å². The van der Waals surface area contributed by atoms with E-state index < -0.39 is 10.0 Å². The van der Waals surface area contributed by atoms with Crippen LogP contribution < -0.4 is 9.46 Å². The van der Waals surface area contributed by atoms with Gasteiger partial charge in [-0.3, -0.25) is 4.79 Å². The van der Waals surface area contributed by atoms with Crippen molar-refractivity contribution in [2.75, 3.05) is 17.8 Å². The molecule has 0 bridgehead atoms. The largest absolute Gasteiger partial charge is 0.472 e. The Bertz CT molecular complexity index is 1270. The van der Waals surface area contributed by atoms with E-state index in [1.54, 1.807) is 23.1 Å². The van der Waals surface area contributed by atoms with Crippen LogP contribution in [0.2, 0.25) is 0 Å². The van der Waals surface area contributed by atoms with Crippen molar-refractivity contribution in [3.8, 4) is 17.1 Å². The second-order valence-electron chi connectivity index (χ2n) is 8.23. The highest BCUT2D eigenvalue weighted by molar-refractivity contribution is 7.92. The van der Waals surface area contributed by atoms with Crippen molar-refractivity contribution in [3.63, 3.8) is 0 Å². The summed E-state index contributed by atoms with van der Waals surface area (Å²) in [6, 6.07) is 14.2. The third kappa shape index (κ3) is 5.14. The number of sulfonamides is 1. The van der Waals surface area contributed by atoms with Crippen molar-refractivity contribution in [2.45, 2.75) is 38.2 Å². The van der Waals surface area contributed by atoms with E-state index in [2.05, 4.69) is 14.7 Å². The first-order chi connectivity index (χ1) is 15.7. The van der Waals surface area contributed by atoms with Crippen LogP contribution in [0.3, 0.4) is 0 Å². The number of hydrogen-bond donors (Lipinski definition) is 1. The van der Waals surface area contributed by atoms with Crippen LogP contribution in [-0.2, 0) is 14.8 Å². The summed E-state index contributed by atoms with van der Waals surface area (Å²) >= 11 is 0. The molecular formula is C24H26N4O4S. The molecule has 1 amide bonds. The zero-order valence-electron chi connectivity index (χ0n) is 18.8. The van der Waals surface area contributed by atoms with E-state index in [0.717, 1.165) is 28.7 Å². The molecule has 33 heavy (non-hydrogen) atoms. The highest BCUT2D eigenvalue weighted by Crippen LogP contribution is 2.30. The van der Waals surface area contributed by atoms with E-state index in [1.807, 2.05) is 45.0 Å². The average molecular weight is 467 g/mol. The van der Waals surface area contributed by atoms with Crippen molar-refractivity contribution < 1.29 is 17.9 Å². The maximum Gasteiger partial charge on any atom is 0.264 e. The SMILES string of the molecule is Cc1cccc(S(=O)(=O)Nc2nc(O[C@@H]3CCN(C=O)C3)cc(-c3c(C)cccc3C)n2)c1. The van der Waals surface area contributed by atoms with Crippen LogP contribution in [0, 0.1) is 20.8 Å². The minimum atomic E-state index is -3.90. The molecule has 2 heterocycles. The van der Waals surface area contributed by atoms with Crippen LogP contribution in [0.1, 0.15) is 23.1 Å². The van der Waals surface area contributed by atoms with Gasteiger partial charge in [0.2, 0.25) is 18.2 Å². The van der Waals surface area contributed by atoms with Gasteiger partial charge in [-0.05, 0) is 49.6 Å². The van der Waals surface area contributed by atoms with Crippen molar-refractivity contribution in [1.82, 2.24) is 14.9 Å². The van der Waals surface area contributed by atoms with E-state index in [4.69, 9.17) is 4.74 Å². The molecule has 0 radical (unpaired) electrons. The molecule has 0 saturated carbocycles. The predicted octanol–water partition coefficient (Wildman–Crippen LogP) is 3.48. The number of nitrogens with one attached hydrogen (secondary N) is 1. The monoisotopic (exact) mass is 466 g/mol. The molecule has 172 valence electrons. The summed E-state index contributed by atoms with van der Waals surface area (Å²) < 4.78 is 34.5. The Kier molecular flexibility index (Phi) is 6.33. The fourth-order valence-electron chi connectivity index (χ4n) is 3.96. The predicted molar refractivity (Wildman–Crippen MR) is 126 cm³/mol. The fraction of sp³-hybridized carbons (Fsp3) is 0.292. The third-order valence-corrected chi connectivity index (χ3v) is 6.90. The Morgan fingerprint density at radius 2 is 1.79 bits per heavy atom. The van der Waals surface area contributed by atoms with E-state index in [-0.39, 0.29) is 22.8 Å². The standard InChI is InChI=1S/C24H26N4O4S/c1-16-6-4-9-20(12-16)33(30,31)27-24-25-21(23-17(2)7-5-8-18(23)3)13-22(26-24)32-19-10-11-28(14-19)15-29/h4-9,12-13,15,19H,10-11,14H2,1-3H3,(H,25,26,27)/t19-/m1/s1. The van der Waals surface area contributed by atoms with Gasteiger partial charge in [0.25, 0.3) is 10.0 Å². The van der Waals surface area contributed by atoms with Gasteiger partial charge in [0, 0.05) is 24.6 Å². The van der Waals surface area contributed by atoms with Crippen LogP contribution in [0.4, 0.5) is 5.95 Å². The first-order valence-electron chi connectivity index (χ1n) is 10.7. The van der Waals surface area contributed by atoms with Gasteiger partial charge < -0.3 is 9.64 Å². The number of aromatic nitrogens is 2. The lowest BCUT2D eigenvalue weighted by Gasteiger charge is -2.16. The highest BCUT2D eigenvalue weighted by atomic mass is 32.2. The summed E-state index contributed by atoms with van der Waals surface area (Å²) in [5.41, 5.74) is 4.28. The van der Waals surface area contributed by atoms with Crippen molar-refractivity contribution in [2.24, 2.45) is 0 Å².